The van der Waals surface area contributed by atoms with Crippen LogP contribution in [0.25, 0.3) is 0 Å². The van der Waals surface area contributed by atoms with Crippen molar-refractivity contribution in [2.75, 3.05) is 14.2 Å². The predicted molar refractivity (Wildman–Crippen MR) is 199 cm³/mol. The topological polar surface area (TPSA) is 168 Å². The number of phenols is 2. The number of aliphatic hydroxyl groups excluding tert-OH is 2. The Balaban J connectivity index is 2.42. The number of ether oxygens (including phenoxy) is 2. The average molecular weight is 721 g/mol. The Kier molecular flexibility index (Phi) is 11.6. The number of esters is 2. The molecule has 0 spiro atoms. The lowest BCUT2D eigenvalue weighted by Crippen LogP contribution is -2.32. The molecule has 1 aliphatic carbocycles. The van der Waals surface area contributed by atoms with Crippen LogP contribution in [0.5, 0.6) is 11.5 Å². The molecule has 1 aliphatic rings. The van der Waals surface area contributed by atoms with E-state index < -0.39 is 92.5 Å². The Labute approximate surface area is 307 Å². The van der Waals surface area contributed by atoms with Gasteiger partial charge < -0.3 is 29.9 Å². The Hall–Kier alpha value is -4.60. The number of aliphatic hydroxyl groups is 2. The summed E-state index contributed by atoms with van der Waals surface area (Å²) in [6, 6.07) is 6.52. The standard InChI is InChI=1S/C42H56O10/c1-39(2,3)25-15-21(16-26(33(25)45)40(4,5)6)23(19-29(43)51-13)31-35(47)37(49)32(38(50)36(31)48)24(20-30(44)52-14)22-17-27(41(7,8)9)34(46)28(18-22)42(10,11)12/h15-18,23-24,45-47,50H,19-20H2,1-14H3. The lowest BCUT2D eigenvalue weighted by atomic mass is 9.72. The van der Waals surface area contributed by atoms with E-state index in [2.05, 4.69) is 0 Å². The maximum absolute atomic E-state index is 14.4. The first-order chi connectivity index (χ1) is 23.6. The van der Waals surface area contributed by atoms with E-state index in [0.29, 0.717) is 33.4 Å². The molecule has 0 saturated heterocycles. The summed E-state index contributed by atoms with van der Waals surface area (Å²) in [5.74, 6) is -8.16. The Morgan fingerprint density at radius 3 is 0.942 bits per heavy atom. The number of carbonyl (C=O) groups is 4. The molecule has 284 valence electrons. The number of hydrogen-bond donors (Lipinski definition) is 4. The fourth-order valence-electron chi connectivity index (χ4n) is 6.64. The van der Waals surface area contributed by atoms with Crippen molar-refractivity contribution in [1.82, 2.24) is 0 Å². The van der Waals surface area contributed by atoms with Crippen LogP contribution in [0.3, 0.4) is 0 Å². The monoisotopic (exact) mass is 720 g/mol. The summed E-state index contributed by atoms with van der Waals surface area (Å²) in [5, 5.41) is 46.2. The van der Waals surface area contributed by atoms with Crippen molar-refractivity contribution < 1.29 is 49.1 Å². The zero-order chi connectivity index (χ0) is 40.0. The number of aromatic hydroxyl groups is 2. The molecule has 2 aromatic carbocycles. The minimum Gasteiger partial charge on any atom is -0.507 e. The molecule has 4 N–H and O–H groups in total. The van der Waals surface area contributed by atoms with Gasteiger partial charge in [-0.25, -0.2) is 0 Å². The van der Waals surface area contributed by atoms with Crippen LogP contribution in [-0.4, -0.2) is 58.2 Å². The van der Waals surface area contributed by atoms with Crippen molar-refractivity contribution >= 4 is 23.5 Å². The van der Waals surface area contributed by atoms with E-state index in [-0.39, 0.29) is 11.5 Å². The lowest BCUT2D eigenvalue weighted by molar-refractivity contribution is -0.142. The zero-order valence-electron chi connectivity index (χ0n) is 33.1. The molecule has 2 atom stereocenters. The Morgan fingerprint density at radius 1 is 0.519 bits per heavy atom. The van der Waals surface area contributed by atoms with Gasteiger partial charge in [0.25, 0.3) is 0 Å². The largest absolute Gasteiger partial charge is 0.507 e. The van der Waals surface area contributed by atoms with E-state index in [4.69, 9.17) is 9.47 Å². The van der Waals surface area contributed by atoms with E-state index in [1.165, 1.54) is 14.2 Å². The normalized spacial score (nSPS) is 15.9. The second-order valence-corrected chi connectivity index (χ2v) is 17.8. The van der Waals surface area contributed by atoms with Gasteiger partial charge in [0, 0.05) is 11.8 Å². The Bertz CT molecular complexity index is 1640. The van der Waals surface area contributed by atoms with Crippen LogP contribution in [-0.2, 0) is 50.3 Å². The number of benzene rings is 2. The molecule has 2 unspecified atom stereocenters. The van der Waals surface area contributed by atoms with E-state index in [0.717, 1.165) is 0 Å². The SMILES string of the molecule is COC(=O)CC(C1=C(O)C(=O)C(C(CC(=O)OC)c2cc(C(C)(C)C)c(O)c(C(C)(C)C)c2)=C(O)C1=O)c1cc(C(C)(C)C)c(O)c(C(C)(C)C)c1. The van der Waals surface area contributed by atoms with Gasteiger partial charge in [-0.15, -0.1) is 0 Å². The van der Waals surface area contributed by atoms with Crippen molar-refractivity contribution in [3.05, 3.63) is 80.3 Å². The van der Waals surface area contributed by atoms with Gasteiger partial charge in [0.05, 0.1) is 38.2 Å². The maximum atomic E-state index is 14.4. The number of hydrogen-bond acceptors (Lipinski definition) is 10. The van der Waals surface area contributed by atoms with Gasteiger partial charge in [-0.1, -0.05) is 107 Å². The van der Waals surface area contributed by atoms with Gasteiger partial charge in [-0.3, -0.25) is 19.2 Å². The highest BCUT2D eigenvalue weighted by molar-refractivity contribution is 6.24. The molecule has 0 fully saturated rings. The van der Waals surface area contributed by atoms with Crippen molar-refractivity contribution in [1.29, 1.82) is 0 Å². The summed E-state index contributed by atoms with van der Waals surface area (Å²) < 4.78 is 9.92. The molecule has 10 nitrogen and oxygen atoms in total. The highest BCUT2D eigenvalue weighted by Gasteiger charge is 2.44. The van der Waals surface area contributed by atoms with Crippen LogP contribution in [0.2, 0.25) is 0 Å². The first-order valence-electron chi connectivity index (χ1n) is 17.4. The molecule has 0 amide bonds. The number of methoxy groups -OCH3 is 2. The van der Waals surface area contributed by atoms with Crippen LogP contribution in [0, 0.1) is 0 Å². The molecule has 0 saturated carbocycles. The molecule has 0 bridgehead atoms. The fraction of sp³-hybridized carbons (Fsp3) is 0.524. The van der Waals surface area contributed by atoms with Crippen LogP contribution in [0.1, 0.15) is 141 Å². The maximum Gasteiger partial charge on any atom is 0.306 e. The Morgan fingerprint density at radius 2 is 0.750 bits per heavy atom. The summed E-state index contributed by atoms with van der Waals surface area (Å²) >= 11 is 0. The van der Waals surface area contributed by atoms with E-state index in [1.54, 1.807) is 24.3 Å². The molecule has 0 radical (unpaired) electrons. The molecular formula is C42H56O10. The quantitative estimate of drug-likeness (QED) is 0.155. The molecule has 0 aromatic heterocycles. The number of carbonyl (C=O) groups excluding carboxylic acids is 4. The van der Waals surface area contributed by atoms with E-state index in [9.17, 15) is 39.6 Å². The number of phenolic OH excluding ortho intramolecular Hbond substituents is 2. The van der Waals surface area contributed by atoms with Crippen molar-refractivity contribution in [2.24, 2.45) is 0 Å². The number of Topliss-reactive ketones (excluding diaryl/α,β-unsaturated/α-hetero) is 2. The average Bonchev–Trinajstić information content (AvgIpc) is 3.00. The lowest BCUT2D eigenvalue weighted by Gasteiger charge is -2.32. The van der Waals surface area contributed by atoms with Gasteiger partial charge in [-0.2, -0.15) is 0 Å². The first kappa shape index (κ1) is 41.8. The molecular weight excluding hydrogens is 664 g/mol. The van der Waals surface area contributed by atoms with E-state index >= 15 is 0 Å². The van der Waals surface area contributed by atoms with Crippen molar-refractivity contribution in [3.63, 3.8) is 0 Å². The molecule has 2 aromatic rings. The minimum atomic E-state index is -1.27. The summed E-state index contributed by atoms with van der Waals surface area (Å²) in [7, 11) is 2.34. The van der Waals surface area contributed by atoms with Gasteiger partial charge in [0.2, 0.25) is 11.6 Å². The predicted octanol–water partition coefficient (Wildman–Crippen LogP) is 8.06. The number of rotatable bonds is 8. The van der Waals surface area contributed by atoms with Gasteiger partial charge in [0.15, 0.2) is 11.5 Å². The molecule has 52 heavy (non-hydrogen) atoms. The highest BCUT2D eigenvalue weighted by atomic mass is 16.5. The van der Waals surface area contributed by atoms with Crippen LogP contribution >= 0.6 is 0 Å². The second-order valence-electron chi connectivity index (χ2n) is 17.8. The molecule has 0 aliphatic heterocycles. The summed E-state index contributed by atoms with van der Waals surface area (Å²) in [6.07, 6.45) is -0.966. The van der Waals surface area contributed by atoms with E-state index in [1.807, 2.05) is 83.1 Å². The van der Waals surface area contributed by atoms with Crippen molar-refractivity contribution in [2.45, 2.75) is 129 Å². The van der Waals surface area contributed by atoms with Crippen molar-refractivity contribution in [3.8, 4) is 11.5 Å². The zero-order valence-corrected chi connectivity index (χ0v) is 33.1. The third-order valence-corrected chi connectivity index (χ3v) is 9.62. The number of allylic oxidation sites excluding steroid dienone is 2. The van der Waals surface area contributed by atoms with Crippen LogP contribution in [0.15, 0.2) is 46.9 Å². The summed E-state index contributed by atoms with van der Waals surface area (Å²) in [5.41, 5.74) is -0.723. The summed E-state index contributed by atoms with van der Waals surface area (Å²) in [4.78, 5) is 54.5. The first-order valence-corrected chi connectivity index (χ1v) is 17.4. The third-order valence-electron chi connectivity index (χ3n) is 9.62. The molecule has 3 rings (SSSR count). The third kappa shape index (κ3) is 8.37. The number of ketones is 2. The summed E-state index contributed by atoms with van der Waals surface area (Å²) in [6.45, 7) is 22.7. The van der Waals surface area contributed by atoms with Gasteiger partial charge in [0.1, 0.15) is 11.5 Å². The minimum absolute atomic E-state index is 0.0404. The van der Waals surface area contributed by atoms with Gasteiger partial charge >= 0.3 is 11.9 Å². The highest BCUT2D eigenvalue weighted by Crippen LogP contribution is 2.47. The smallest absolute Gasteiger partial charge is 0.306 e. The van der Waals surface area contributed by atoms with Crippen LogP contribution in [0.4, 0.5) is 0 Å². The van der Waals surface area contributed by atoms with Crippen LogP contribution < -0.4 is 0 Å². The second kappa shape index (κ2) is 14.4. The fourth-order valence-corrected chi connectivity index (χ4v) is 6.64. The molecule has 0 heterocycles. The van der Waals surface area contributed by atoms with Gasteiger partial charge in [-0.05, 0) is 55.0 Å². The molecule has 10 heteroatoms.